The average molecular weight is 401 g/mol. The van der Waals surface area contributed by atoms with Crippen LogP contribution in [0.15, 0.2) is 35.4 Å². The minimum Gasteiger partial charge on any atom is -0.495 e. The molecule has 2 heterocycles. The van der Waals surface area contributed by atoms with E-state index in [0.717, 1.165) is 48.2 Å². The lowest BCUT2D eigenvalue weighted by atomic mass is 10.1. The van der Waals surface area contributed by atoms with Crippen LogP contribution in [0, 0.1) is 13.8 Å². The van der Waals surface area contributed by atoms with Gasteiger partial charge in [0.15, 0.2) is 5.65 Å². The van der Waals surface area contributed by atoms with Crippen molar-refractivity contribution < 1.29 is 13.2 Å². The van der Waals surface area contributed by atoms with E-state index in [9.17, 15) is 8.42 Å². The molecule has 0 atom stereocenters. The van der Waals surface area contributed by atoms with Gasteiger partial charge in [0.25, 0.3) is 0 Å². The van der Waals surface area contributed by atoms with Crippen LogP contribution in [-0.4, -0.2) is 36.2 Å². The van der Waals surface area contributed by atoms with Crippen molar-refractivity contribution >= 4 is 15.7 Å². The van der Waals surface area contributed by atoms with Gasteiger partial charge >= 0.3 is 0 Å². The first-order valence-electron chi connectivity index (χ1n) is 9.42. The van der Waals surface area contributed by atoms with E-state index < -0.39 is 10.0 Å². The molecule has 28 heavy (non-hydrogen) atoms. The summed E-state index contributed by atoms with van der Waals surface area (Å²) < 4.78 is 36.0. The van der Waals surface area contributed by atoms with Crippen molar-refractivity contribution in [2.45, 2.75) is 50.5 Å². The van der Waals surface area contributed by atoms with Gasteiger partial charge in [0.2, 0.25) is 10.0 Å². The number of nitrogens with zero attached hydrogens (tertiary/aromatic N) is 3. The molecule has 4 rings (SSSR count). The number of fused-ring (bicyclic) bond motifs is 1. The highest BCUT2D eigenvalue weighted by Gasteiger charge is 2.26. The molecule has 2 aromatic heterocycles. The molecule has 1 N–H and O–H groups in total. The van der Waals surface area contributed by atoms with Gasteiger partial charge in [-0.15, -0.1) is 0 Å². The number of hydrogen-bond acceptors (Lipinski definition) is 5. The van der Waals surface area contributed by atoms with Crippen LogP contribution in [-0.2, 0) is 10.0 Å². The highest BCUT2D eigenvalue weighted by atomic mass is 32.2. The van der Waals surface area contributed by atoms with E-state index >= 15 is 0 Å². The molecular formula is C20H24N4O3S. The minimum atomic E-state index is -3.69. The fourth-order valence-electron chi connectivity index (χ4n) is 3.85. The smallest absolute Gasteiger partial charge is 0.244 e. The van der Waals surface area contributed by atoms with Gasteiger partial charge in [0, 0.05) is 23.0 Å². The molecule has 8 heteroatoms. The van der Waals surface area contributed by atoms with E-state index in [0.29, 0.717) is 11.4 Å². The molecule has 148 valence electrons. The fourth-order valence-corrected chi connectivity index (χ4v) is 5.35. The molecule has 7 nitrogen and oxygen atoms in total. The molecule has 3 aromatic rings. The van der Waals surface area contributed by atoms with E-state index in [-0.39, 0.29) is 10.9 Å². The quantitative estimate of drug-likeness (QED) is 0.711. The van der Waals surface area contributed by atoms with Crippen LogP contribution in [0.1, 0.15) is 37.1 Å². The second kappa shape index (κ2) is 7.18. The molecule has 0 bridgehead atoms. The molecule has 1 saturated carbocycles. The molecule has 0 aliphatic heterocycles. The SMILES string of the molecule is COc1ccc(-c2cnn3c(C)cc(C)nc23)cc1S(=O)(=O)NC1CCCC1. The lowest BCUT2D eigenvalue weighted by molar-refractivity contribution is 0.402. The zero-order valence-corrected chi connectivity index (χ0v) is 17.1. The van der Waals surface area contributed by atoms with Crippen LogP contribution >= 0.6 is 0 Å². The normalized spacial score (nSPS) is 15.4. The lowest BCUT2D eigenvalue weighted by Crippen LogP contribution is -2.32. The number of methoxy groups -OCH3 is 1. The zero-order valence-electron chi connectivity index (χ0n) is 16.3. The van der Waals surface area contributed by atoms with Crippen LogP contribution in [0.4, 0.5) is 0 Å². The average Bonchev–Trinajstić information content (AvgIpc) is 3.30. The molecule has 1 aliphatic rings. The number of nitrogens with one attached hydrogen (secondary N) is 1. The number of aromatic nitrogens is 3. The van der Waals surface area contributed by atoms with Gasteiger partial charge < -0.3 is 4.74 Å². The number of rotatable bonds is 5. The Balaban J connectivity index is 1.81. The molecule has 0 amide bonds. The monoisotopic (exact) mass is 400 g/mol. The van der Waals surface area contributed by atoms with Gasteiger partial charge in [-0.05, 0) is 50.5 Å². The van der Waals surface area contributed by atoms with Gasteiger partial charge in [-0.3, -0.25) is 0 Å². The molecular weight excluding hydrogens is 376 g/mol. The number of benzene rings is 1. The Hall–Kier alpha value is -2.45. The second-order valence-electron chi connectivity index (χ2n) is 7.30. The third kappa shape index (κ3) is 3.38. The lowest BCUT2D eigenvalue weighted by Gasteiger charge is -2.15. The van der Waals surface area contributed by atoms with Crippen LogP contribution < -0.4 is 9.46 Å². The Morgan fingerprint density at radius 3 is 2.64 bits per heavy atom. The molecule has 0 unspecified atom stereocenters. The van der Waals surface area contributed by atoms with Crippen LogP contribution in [0.5, 0.6) is 5.75 Å². The van der Waals surface area contributed by atoms with Gasteiger partial charge in [0.1, 0.15) is 10.6 Å². The summed E-state index contributed by atoms with van der Waals surface area (Å²) in [5.41, 5.74) is 4.08. The van der Waals surface area contributed by atoms with Gasteiger partial charge in [-0.2, -0.15) is 5.10 Å². The van der Waals surface area contributed by atoms with E-state index in [4.69, 9.17) is 4.74 Å². The summed E-state index contributed by atoms with van der Waals surface area (Å²) in [6.07, 6.45) is 5.57. The topological polar surface area (TPSA) is 85.6 Å². The second-order valence-corrected chi connectivity index (χ2v) is 8.98. The van der Waals surface area contributed by atoms with Crippen molar-refractivity contribution in [1.29, 1.82) is 0 Å². The maximum Gasteiger partial charge on any atom is 0.244 e. The van der Waals surface area contributed by atoms with E-state index in [1.54, 1.807) is 22.8 Å². The molecule has 1 aliphatic carbocycles. The minimum absolute atomic E-state index is 0.0118. The molecule has 1 aromatic carbocycles. The van der Waals surface area contributed by atoms with Gasteiger partial charge in [-0.1, -0.05) is 18.9 Å². The Morgan fingerprint density at radius 2 is 1.93 bits per heavy atom. The van der Waals surface area contributed by atoms with E-state index in [2.05, 4.69) is 14.8 Å². The third-order valence-electron chi connectivity index (χ3n) is 5.22. The molecule has 1 fully saturated rings. The van der Waals surface area contributed by atoms with Crippen molar-refractivity contribution in [1.82, 2.24) is 19.3 Å². The first kappa shape index (κ1) is 18.9. The van der Waals surface area contributed by atoms with E-state index in [1.807, 2.05) is 26.0 Å². The maximum absolute atomic E-state index is 13.0. The van der Waals surface area contributed by atoms with E-state index in [1.165, 1.54) is 7.11 Å². The number of aryl methyl sites for hydroxylation is 2. The Kier molecular flexibility index (Phi) is 4.84. The Labute approximate surface area is 164 Å². The first-order valence-corrected chi connectivity index (χ1v) is 10.9. The summed E-state index contributed by atoms with van der Waals surface area (Å²) in [5.74, 6) is 0.325. The summed E-state index contributed by atoms with van der Waals surface area (Å²) in [4.78, 5) is 4.74. The summed E-state index contributed by atoms with van der Waals surface area (Å²) in [7, 11) is -2.21. The van der Waals surface area contributed by atoms with Crippen molar-refractivity contribution in [3.05, 3.63) is 41.9 Å². The Bertz CT molecular complexity index is 1130. The summed E-state index contributed by atoms with van der Waals surface area (Å²) in [6, 6.07) is 7.11. The predicted octanol–water partition coefficient (Wildman–Crippen LogP) is 3.24. The van der Waals surface area contributed by atoms with Crippen molar-refractivity contribution in [3.63, 3.8) is 0 Å². The van der Waals surface area contributed by atoms with Crippen molar-refractivity contribution in [2.75, 3.05) is 7.11 Å². The maximum atomic E-state index is 13.0. The molecule has 0 saturated heterocycles. The number of sulfonamides is 1. The van der Waals surface area contributed by atoms with Crippen molar-refractivity contribution in [2.24, 2.45) is 0 Å². The van der Waals surface area contributed by atoms with Crippen molar-refractivity contribution in [3.8, 4) is 16.9 Å². The Morgan fingerprint density at radius 1 is 1.18 bits per heavy atom. The fraction of sp³-hybridized carbons (Fsp3) is 0.400. The molecule has 0 radical (unpaired) electrons. The third-order valence-corrected chi connectivity index (χ3v) is 6.76. The number of ether oxygens (including phenoxy) is 1. The van der Waals surface area contributed by atoms with Crippen LogP contribution in [0.25, 0.3) is 16.8 Å². The predicted molar refractivity (Wildman–Crippen MR) is 107 cm³/mol. The summed E-state index contributed by atoms with van der Waals surface area (Å²) in [6.45, 7) is 3.90. The largest absolute Gasteiger partial charge is 0.495 e. The molecule has 0 spiro atoms. The zero-order chi connectivity index (χ0) is 19.9. The highest BCUT2D eigenvalue weighted by molar-refractivity contribution is 7.89. The standard InChI is InChI=1S/C20H24N4O3S/c1-13-10-14(2)24-20(22-13)17(12-21-24)15-8-9-18(27-3)19(11-15)28(25,26)23-16-6-4-5-7-16/h8-12,16,23H,4-7H2,1-3H3. The number of hydrogen-bond donors (Lipinski definition) is 1. The first-order chi connectivity index (χ1) is 13.4. The van der Waals surface area contributed by atoms with Gasteiger partial charge in [-0.25, -0.2) is 22.6 Å². The summed E-state index contributed by atoms with van der Waals surface area (Å²) >= 11 is 0. The highest BCUT2D eigenvalue weighted by Crippen LogP contribution is 2.32. The van der Waals surface area contributed by atoms with Crippen LogP contribution in [0.2, 0.25) is 0 Å². The van der Waals surface area contributed by atoms with Crippen LogP contribution in [0.3, 0.4) is 0 Å². The summed E-state index contributed by atoms with van der Waals surface area (Å²) in [5, 5.41) is 4.41. The van der Waals surface area contributed by atoms with Gasteiger partial charge in [0.05, 0.1) is 13.3 Å².